The summed E-state index contributed by atoms with van der Waals surface area (Å²) in [6, 6.07) is 7.20. The van der Waals surface area contributed by atoms with Gasteiger partial charge >= 0.3 is 11.0 Å². The third kappa shape index (κ3) is 4.27. The van der Waals surface area contributed by atoms with Crippen LogP contribution in [-0.4, -0.2) is 25.2 Å². The summed E-state index contributed by atoms with van der Waals surface area (Å²) in [5.41, 5.74) is 11.8. The van der Waals surface area contributed by atoms with E-state index < -0.39 is 0 Å². The lowest BCUT2D eigenvalue weighted by atomic mass is 10.3. The van der Waals surface area contributed by atoms with Gasteiger partial charge in [-0.3, -0.25) is 0 Å². The van der Waals surface area contributed by atoms with Crippen molar-refractivity contribution in [1.29, 1.82) is 0 Å². The number of guanidine groups is 1. The minimum Gasteiger partial charge on any atom is -0.497 e. The molecule has 0 radical (unpaired) electrons. The molecule has 8 nitrogen and oxygen atoms in total. The Labute approximate surface area is 137 Å². The number of aromatic nitrogens is 1. The van der Waals surface area contributed by atoms with Gasteiger partial charge in [0.2, 0.25) is 5.96 Å². The van der Waals surface area contributed by atoms with E-state index in [4.69, 9.17) is 16.2 Å². The second-order valence-electron chi connectivity index (χ2n) is 4.44. The van der Waals surface area contributed by atoms with Crippen LogP contribution in [0.25, 0.3) is 0 Å². The first-order valence-corrected chi connectivity index (χ1v) is 7.46. The zero-order valence-electron chi connectivity index (χ0n) is 12.7. The molecule has 0 saturated carbocycles. The summed E-state index contributed by atoms with van der Waals surface area (Å²) < 4.78 is 5.12. The first kappa shape index (κ1) is 16.4. The fourth-order valence-corrected chi connectivity index (χ4v) is 2.68. The number of aromatic amines is 1. The van der Waals surface area contributed by atoms with Gasteiger partial charge in [-0.25, -0.2) is 9.78 Å². The zero-order valence-corrected chi connectivity index (χ0v) is 13.5. The highest BCUT2D eigenvalue weighted by molar-refractivity contribution is 7.13. The highest BCUT2D eigenvalue weighted by Gasteiger charge is 2.25. The molecule has 5 N–H and O–H groups in total. The summed E-state index contributed by atoms with van der Waals surface area (Å²) in [5, 5.41) is 9.69. The second kappa shape index (κ2) is 7.36. The fourth-order valence-electron chi connectivity index (χ4n) is 1.80. The molecule has 0 spiro atoms. The number of nitrogens with two attached hydrogens (primary N) is 2. The maximum absolute atomic E-state index is 12.0. The average molecular weight is 333 g/mol. The smallest absolute Gasteiger partial charge is 0.347 e. The average Bonchev–Trinajstić information content (AvgIpc) is 2.96. The van der Waals surface area contributed by atoms with E-state index in [2.05, 4.69) is 15.2 Å². The molecule has 2 aromatic rings. The number of hydrogen-bond acceptors (Lipinski definition) is 5. The van der Waals surface area contributed by atoms with E-state index in [1.54, 1.807) is 41.7 Å². The number of nitrogens with one attached hydrogen (secondary N) is 1. The lowest BCUT2D eigenvalue weighted by Gasteiger charge is -2.10. The number of carbonyl (C=O) groups is 1. The molecule has 1 aromatic carbocycles. The number of amides is 1. The highest BCUT2D eigenvalue weighted by Crippen LogP contribution is 2.27. The minimum absolute atomic E-state index is 0.124. The van der Waals surface area contributed by atoms with E-state index in [0.717, 1.165) is 11.4 Å². The van der Waals surface area contributed by atoms with Crippen LogP contribution in [0.1, 0.15) is 12.6 Å². The van der Waals surface area contributed by atoms with Crippen molar-refractivity contribution >= 4 is 40.2 Å². The lowest BCUT2D eigenvalue weighted by Crippen LogP contribution is -2.27. The Kier molecular flexibility index (Phi) is 5.26. The van der Waals surface area contributed by atoms with Crippen LogP contribution in [0.2, 0.25) is 0 Å². The number of methoxy groups -OCH3 is 1. The van der Waals surface area contributed by atoms with E-state index in [1.165, 1.54) is 24.5 Å². The van der Waals surface area contributed by atoms with Crippen molar-refractivity contribution in [2.24, 2.45) is 21.7 Å². The van der Waals surface area contributed by atoms with Crippen LogP contribution in [-0.2, 0) is 4.79 Å². The Morgan fingerprint density at radius 1 is 1.35 bits per heavy atom. The summed E-state index contributed by atoms with van der Waals surface area (Å²) in [5.74, 6) is 0.471. The van der Waals surface area contributed by atoms with Gasteiger partial charge in [0, 0.05) is 12.3 Å². The van der Waals surface area contributed by atoms with Crippen molar-refractivity contribution in [2.45, 2.75) is 6.92 Å². The number of hydrogen-bond donors (Lipinski definition) is 2. The molecule has 0 aliphatic carbocycles. The molecular formula is C14H17N6O2S+. The van der Waals surface area contributed by atoms with Crippen molar-refractivity contribution in [1.82, 2.24) is 0 Å². The number of H-pyrrole nitrogens is 1. The molecule has 1 heterocycles. The number of benzene rings is 1. The van der Waals surface area contributed by atoms with E-state index in [0.29, 0.717) is 10.8 Å². The predicted molar refractivity (Wildman–Crippen MR) is 90.1 cm³/mol. The molecule has 0 aliphatic heterocycles. The molecule has 9 heteroatoms. The van der Waals surface area contributed by atoms with E-state index in [-0.39, 0.29) is 11.9 Å². The largest absolute Gasteiger partial charge is 0.497 e. The molecule has 0 atom stereocenters. The van der Waals surface area contributed by atoms with Crippen LogP contribution in [0.4, 0.5) is 10.8 Å². The molecule has 0 saturated heterocycles. The third-order valence-corrected chi connectivity index (χ3v) is 3.65. The highest BCUT2D eigenvalue weighted by atomic mass is 32.1. The molecule has 0 fully saturated rings. The van der Waals surface area contributed by atoms with Crippen LogP contribution in [0.15, 0.2) is 39.8 Å². The molecule has 0 bridgehead atoms. The first-order valence-electron chi connectivity index (χ1n) is 6.59. The summed E-state index contributed by atoms with van der Waals surface area (Å²) in [7, 11) is 1.59. The minimum atomic E-state index is -0.125. The summed E-state index contributed by atoms with van der Waals surface area (Å²) in [4.78, 5) is 16.6. The molecule has 1 aromatic heterocycles. The van der Waals surface area contributed by atoms with Gasteiger partial charge in [-0.15, -0.1) is 5.10 Å². The molecule has 120 valence electrons. The number of rotatable bonds is 5. The molecular weight excluding hydrogens is 316 g/mol. The molecule has 2 rings (SSSR count). The van der Waals surface area contributed by atoms with Gasteiger partial charge in [0.15, 0.2) is 5.69 Å². The standard InChI is InChI=1S/C14H16N6O2S/c1-9(21)20(11-3-5-12(22-2)6-4-11)14-18-10(8-23-14)7-17-19-13(15)16/h3-8H,1-2H3,(H4,15,16,19)/p+1/b17-7-. The van der Waals surface area contributed by atoms with Crippen molar-refractivity contribution in [2.75, 3.05) is 12.0 Å². The lowest BCUT2D eigenvalue weighted by molar-refractivity contribution is -0.357. The van der Waals surface area contributed by atoms with Crippen LogP contribution in [0.3, 0.4) is 0 Å². The van der Waals surface area contributed by atoms with E-state index >= 15 is 0 Å². The van der Waals surface area contributed by atoms with Crippen molar-refractivity contribution in [3.8, 4) is 5.75 Å². The Morgan fingerprint density at radius 2 is 2.04 bits per heavy atom. The van der Waals surface area contributed by atoms with Crippen molar-refractivity contribution in [3.63, 3.8) is 0 Å². The quantitative estimate of drug-likeness (QED) is 0.479. The number of carbonyl (C=O) groups excluding carboxylic acids is 1. The number of anilines is 2. The predicted octanol–water partition coefficient (Wildman–Crippen LogP) is 0.863. The van der Waals surface area contributed by atoms with Crippen LogP contribution >= 0.6 is 11.3 Å². The van der Waals surface area contributed by atoms with Gasteiger partial charge in [0.25, 0.3) is 0 Å². The SMILES string of the molecule is COc1ccc(N(C(C)=O)c2[nH+]c(/C=N\N=C(N)N)cs2)cc1. The Bertz CT molecular complexity index is 734. The second-order valence-corrected chi connectivity index (χ2v) is 5.30. The zero-order chi connectivity index (χ0) is 16.8. The fraction of sp³-hybridized carbons (Fsp3) is 0.143. The maximum atomic E-state index is 12.0. The van der Waals surface area contributed by atoms with Gasteiger partial charge in [0.1, 0.15) is 11.4 Å². The van der Waals surface area contributed by atoms with Crippen LogP contribution in [0.5, 0.6) is 5.75 Å². The van der Waals surface area contributed by atoms with Gasteiger partial charge in [-0.05, 0) is 24.3 Å². The van der Waals surface area contributed by atoms with Crippen molar-refractivity contribution < 1.29 is 14.5 Å². The molecule has 1 amide bonds. The molecule has 23 heavy (non-hydrogen) atoms. The van der Waals surface area contributed by atoms with E-state index in [9.17, 15) is 4.79 Å². The molecule has 0 unspecified atom stereocenters. The number of ether oxygens (including phenoxy) is 1. The Hall–Kier alpha value is -2.94. The first-order chi connectivity index (χ1) is 11.0. The van der Waals surface area contributed by atoms with Gasteiger partial charge in [-0.2, -0.15) is 10.0 Å². The van der Waals surface area contributed by atoms with Crippen LogP contribution < -0.4 is 26.1 Å². The van der Waals surface area contributed by atoms with Gasteiger partial charge in [-0.1, -0.05) is 11.3 Å². The Balaban J connectivity index is 2.28. The molecule has 0 aliphatic rings. The van der Waals surface area contributed by atoms with Gasteiger partial charge < -0.3 is 16.2 Å². The number of nitrogens with zero attached hydrogens (tertiary/aromatic N) is 3. The van der Waals surface area contributed by atoms with Gasteiger partial charge in [0.05, 0.1) is 13.3 Å². The van der Waals surface area contributed by atoms with E-state index in [1.807, 2.05) is 0 Å². The third-order valence-electron chi connectivity index (χ3n) is 2.77. The normalized spacial score (nSPS) is 10.5. The summed E-state index contributed by atoms with van der Waals surface area (Å²) in [6.07, 6.45) is 1.46. The maximum Gasteiger partial charge on any atom is 0.347 e. The van der Waals surface area contributed by atoms with Crippen molar-refractivity contribution in [3.05, 3.63) is 35.3 Å². The Morgan fingerprint density at radius 3 is 2.61 bits per heavy atom. The summed E-state index contributed by atoms with van der Waals surface area (Å²) in [6.45, 7) is 1.49. The topological polar surface area (TPSA) is 120 Å². The number of thiazole rings is 1. The monoisotopic (exact) mass is 333 g/mol. The summed E-state index contributed by atoms with van der Waals surface area (Å²) >= 11 is 1.37. The van der Waals surface area contributed by atoms with Crippen LogP contribution in [0, 0.1) is 0 Å².